The molecule has 2 heteroatoms. The number of allylic oxidation sites excluding steroid dienone is 4. The first-order chi connectivity index (χ1) is 18.9. The minimum Gasteiger partial charge on any atom is -0.302 e. The highest BCUT2D eigenvalue weighted by Gasteiger charge is 2.13. The third kappa shape index (κ3) is 24.4. The van der Waals surface area contributed by atoms with E-state index in [4.69, 9.17) is 0 Å². The summed E-state index contributed by atoms with van der Waals surface area (Å²) in [7, 11) is 0. The van der Waals surface area contributed by atoms with Crippen molar-refractivity contribution < 1.29 is 0 Å². The van der Waals surface area contributed by atoms with E-state index in [1.165, 1.54) is 187 Å². The smallest absolute Gasteiger partial charge is 0.0109 e. The van der Waals surface area contributed by atoms with Crippen LogP contribution in [0.15, 0.2) is 24.3 Å². The van der Waals surface area contributed by atoms with Gasteiger partial charge in [0, 0.05) is 13.1 Å². The molecule has 0 bridgehead atoms. The monoisotopic (exact) mass is 531 g/mol. The van der Waals surface area contributed by atoms with Crippen LogP contribution < -0.4 is 0 Å². The van der Waals surface area contributed by atoms with Crippen molar-refractivity contribution in [2.24, 2.45) is 0 Å². The van der Waals surface area contributed by atoms with E-state index >= 15 is 0 Å². The lowest BCUT2D eigenvalue weighted by Gasteiger charge is -2.25. The molecule has 1 saturated heterocycles. The van der Waals surface area contributed by atoms with E-state index in [1.54, 1.807) is 0 Å². The van der Waals surface area contributed by atoms with Gasteiger partial charge >= 0.3 is 0 Å². The summed E-state index contributed by atoms with van der Waals surface area (Å²) in [6.07, 6.45) is 42.9. The minimum absolute atomic E-state index is 1.13. The van der Waals surface area contributed by atoms with Gasteiger partial charge in [0.05, 0.1) is 0 Å². The Hall–Kier alpha value is -0.600. The summed E-state index contributed by atoms with van der Waals surface area (Å²) in [5, 5.41) is 0. The molecule has 1 aliphatic heterocycles. The summed E-state index contributed by atoms with van der Waals surface area (Å²) in [6.45, 7) is 12.6. The van der Waals surface area contributed by atoms with Crippen LogP contribution in [-0.2, 0) is 0 Å². The Bertz CT molecular complexity index is 505. The maximum atomic E-state index is 2.81. The Morgan fingerprint density at radius 1 is 0.474 bits per heavy atom. The number of hydrogen-bond acceptors (Lipinski definition) is 2. The zero-order valence-corrected chi connectivity index (χ0v) is 26.4. The molecule has 2 nitrogen and oxygen atoms in total. The summed E-state index contributed by atoms with van der Waals surface area (Å²) >= 11 is 0. The zero-order valence-electron chi connectivity index (χ0n) is 26.4. The molecule has 1 aliphatic rings. The van der Waals surface area contributed by atoms with Gasteiger partial charge in [-0.3, -0.25) is 0 Å². The maximum absolute atomic E-state index is 2.81. The fraction of sp³-hybridized carbons (Fsp3) is 0.889. The Kier molecular flexibility index (Phi) is 27.4. The molecule has 224 valence electrons. The predicted molar refractivity (Wildman–Crippen MR) is 173 cm³/mol. The van der Waals surface area contributed by atoms with Crippen LogP contribution in [0.5, 0.6) is 0 Å². The number of unbranched alkanes of at least 4 members (excludes halogenated alkanes) is 18. The second-order valence-electron chi connectivity index (χ2n) is 12.2. The molecule has 38 heavy (non-hydrogen) atoms. The first kappa shape index (κ1) is 35.4. The van der Waals surface area contributed by atoms with Gasteiger partial charge in [-0.2, -0.15) is 0 Å². The molecule has 1 rings (SSSR count). The Labute approximate surface area is 241 Å². The molecule has 0 atom stereocenters. The van der Waals surface area contributed by atoms with E-state index < -0.39 is 0 Å². The van der Waals surface area contributed by atoms with E-state index in [-0.39, 0.29) is 0 Å². The Balaban J connectivity index is 1.98. The molecule has 0 unspecified atom stereocenters. The minimum atomic E-state index is 1.13. The van der Waals surface area contributed by atoms with E-state index in [0.29, 0.717) is 0 Å². The number of hydrogen-bond donors (Lipinski definition) is 0. The van der Waals surface area contributed by atoms with Crippen LogP contribution in [0.25, 0.3) is 0 Å². The van der Waals surface area contributed by atoms with E-state index in [2.05, 4.69) is 48.0 Å². The zero-order chi connectivity index (χ0) is 27.2. The van der Waals surface area contributed by atoms with Gasteiger partial charge in [-0.1, -0.05) is 134 Å². The van der Waals surface area contributed by atoms with Crippen LogP contribution in [0.3, 0.4) is 0 Å². The van der Waals surface area contributed by atoms with Gasteiger partial charge in [-0.15, -0.1) is 0 Å². The highest BCUT2D eigenvalue weighted by Crippen LogP contribution is 2.13. The first-order valence-corrected chi connectivity index (χ1v) is 17.6. The average Bonchev–Trinajstić information content (AvgIpc) is 3.46. The maximum Gasteiger partial charge on any atom is 0.0109 e. The molecule has 0 aliphatic carbocycles. The van der Waals surface area contributed by atoms with Crippen molar-refractivity contribution in [3.8, 4) is 0 Å². The molecule has 0 amide bonds. The normalized spacial score (nSPS) is 14.7. The first-order valence-electron chi connectivity index (χ1n) is 17.6. The highest BCUT2D eigenvalue weighted by atomic mass is 15.2. The van der Waals surface area contributed by atoms with E-state index in [0.717, 1.165) is 6.42 Å². The van der Waals surface area contributed by atoms with E-state index in [1.807, 2.05) is 0 Å². The second kappa shape index (κ2) is 29.4. The molecular weight excluding hydrogens is 460 g/mol. The Morgan fingerprint density at radius 3 is 1.42 bits per heavy atom. The van der Waals surface area contributed by atoms with Crippen molar-refractivity contribution in [3.05, 3.63) is 24.3 Å². The third-order valence-corrected chi connectivity index (χ3v) is 8.43. The van der Waals surface area contributed by atoms with Crippen LogP contribution in [0.2, 0.25) is 0 Å². The molecule has 0 N–H and O–H groups in total. The fourth-order valence-corrected chi connectivity index (χ4v) is 5.77. The van der Waals surface area contributed by atoms with Gasteiger partial charge in [0.1, 0.15) is 0 Å². The lowest BCUT2D eigenvalue weighted by atomic mass is 10.1. The van der Waals surface area contributed by atoms with Crippen LogP contribution in [-0.4, -0.2) is 49.1 Å². The summed E-state index contributed by atoms with van der Waals surface area (Å²) in [5.41, 5.74) is 0. The quantitative estimate of drug-likeness (QED) is 0.0700. The van der Waals surface area contributed by atoms with E-state index in [9.17, 15) is 0 Å². The lowest BCUT2D eigenvalue weighted by molar-refractivity contribution is 0.217. The molecule has 1 fully saturated rings. The highest BCUT2D eigenvalue weighted by molar-refractivity contribution is 4.92. The van der Waals surface area contributed by atoms with Crippen LogP contribution in [0.1, 0.15) is 168 Å². The summed E-state index contributed by atoms with van der Waals surface area (Å²) in [4.78, 5) is 5.51. The van der Waals surface area contributed by atoms with Crippen molar-refractivity contribution in [2.75, 3.05) is 39.3 Å². The summed E-state index contributed by atoms with van der Waals surface area (Å²) in [6, 6.07) is 0. The van der Waals surface area contributed by atoms with Crippen LogP contribution in [0, 0.1) is 0 Å². The average molecular weight is 531 g/mol. The fourth-order valence-electron chi connectivity index (χ4n) is 5.77. The summed E-state index contributed by atoms with van der Waals surface area (Å²) in [5.74, 6) is 0. The van der Waals surface area contributed by atoms with Gasteiger partial charge in [-0.25, -0.2) is 0 Å². The standard InChI is InChI=1S/C36H70N2/c1-3-5-7-9-11-13-14-15-16-17-18-19-20-21-22-24-26-28-32-37(35-36-38-33-29-30-34-38)31-27-25-23-12-10-8-6-4-2/h11,13,15-16H,3-10,12,14,17-36H2,1-2H3/b13-11+,16-15+. The van der Waals surface area contributed by atoms with Crippen molar-refractivity contribution in [1.29, 1.82) is 0 Å². The molecule has 0 aromatic rings. The number of nitrogens with zero attached hydrogens (tertiary/aromatic N) is 2. The van der Waals surface area contributed by atoms with Gasteiger partial charge in [0.25, 0.3) is 0 Å². The third-order valence-electron chi connectivity index (χ3n) is 8.43. The molecule has 0 spiro atoms. The van der Waals surface area contributed by atoms with Crippen LogP contribution >= 0.6 is 0 Å². The van der Waals surface area contributed by atoms with Gasteiger partial charge in [-0.05, 0) is 84.0 Å². The molecule has 0 saturated carbocycles. The second-order valence-corrected chi connectivity index (χ2v) is 12.2. The van der Waals surface area contributed by atoms with Crippen molar-refractivity contribution in [1.82, 2.24) is 9.80 Å². The van der Waals surface area contributed by atoms with Gasteiger partial charge < -0.3 is 9.80 Å². The molecule has 0 aromatic heterocycles. The SMILES string of the molecule is CCCCC/C=C/C/C=C/CCCCCCCCCCN(CCCCCCCCCC)CCN1CCCC1. The summed E-state index contributed by atoms with van der Waals surface area (Å²) < 4.78 is 0. The van der Waals surface area contributed by atoms with Crippen LogP contribution in [0.4, 0.5) is 0 Å². The number of likely N-dealkylation sites (tertiary alicyclic amines) is 1. The lowest BCUT2D eigenvalue weighted by Crippen LogP contribution is -2.35. The van der Waals surface area contributed by atoms with Gasteiger partial charge in [0.15, 0.2) is 0 Å². The van der Waals surface area contributed by atoms with Crippen molar-refractivity contribution >= 4 is 0 Å². The number of rotatable bonds is 29. The van der Waals surface area contributed by atoms with Gasteiger partial charge in [0.2, 0.25) is 0 Å². The largest absolute Gasteiger partial charge is 0.302 e. The topological polar surface area (TPSA) is 6.48 Å². The molecule has 0 aromatic carbocycles. The molecular formula is C36H70N2. The van der Waals surface area contributed by atoms with Crippen molar-refractivity contribution in [2.45, 2.75) is 168 Å². The Morgan fingerprint density at radius 2 is 0.895 bits per heavy atom. The van der Waals surface area contributed by atoms with Crippen molar-refractivity contribution in [3.63, 3.8) is 0 Å². The molecule has 1 heterocycles. The predicted octanol–water partition coefficient (Wildman–Crippen LogP) is 11.1. The molecule has 0 radical (unpaired) electrons.